The van der Waals surface area contributed by atoms with Crippen molar-refractivity contribution >= 4 is 11.8 Å². The second kappa shape index (κ2) is 6.68. The van der Waals surface area contributed by atoms with Crippen LogP contribution >= 0.6 is 11.8 Å². The molecule has 0 unspecified atom stereocenters. The third-order valence-corrected chi connectivity index (χ3v) is 4.43. The molecule has 1 aromatic heterocycles. The number of nitrogens with zero attached hydrogens (tertiary/aromatic N) is 3. The molecular weight excluding hydrogens is 335 g/mol. The molecule has 3 rings (SSSR count). The maximum Gasteiger partial charge on any atom is 0.416 e. The van der Waals surface area contributed by atoms with Gasteiger partial charge in [-0.15, -0.1) is 10.2 Å². The van der Waals surface area contributed by atoms with Gasteiger partial charge in [0.2, 0.25) is 0 Å². The highest BCUT2D eigenvalue weighted by Gasteiger charge is 2.30. The maximum absolute atomic E-state index is 12.8. The van der Waals surface area contributed by atoms with Gasteiger partial charge in [0.1, 0.15) is 5.82 Å². The highest BCUT2D eigenvalue weighted by atomic mass is 32.2. The second-order valence-corrected chi connectivity index (χ2v) is 6.13. The molecule has 3 nitrogen and oxygen atoms in total. The van der Waals surface area contributed by atoms with E-state index in [-0.39, 0.29) is 0 Å². The molecule has 0 saturated carbocycles. The molecule has 0 amide bonds. The Kier molecular flexibility index (Phi) is 4.62. The highest BCUT2D eigenvalue weighted by Crippen LogP contribution is 2.31. The number of halogens is 3. The molecule has 7 heteroatoms. The van der Waals surface area contributed by atoms with Gasteiger partial charge < -0.3 is 0 Å². The van der Waals surface area contributed by atoms with E-state index in [4.69, 9.17) is 0 Å². The van der Waals surface area contributed by atoms with Gasteiger partial charge in [-0.05, 0) is 30.7 Å². The van der Waals surface area contributed by atoms with Crippen molar-refractivity contribution in [3.8, 4) is 5.69 Å². The predicted octanol–water partition coefficient (Wildman–Crippen LogP) is 4.89. The average Bonchev–Trinajstić information content (AvgIpc) is 2.94. The molecule has 124 valence electrons. The van der Waals surface area contributed by atoms with Crippen LogP contribution in [0.1, 0.15) is 17.0 Å². The minimum atomic E-state index is -4.33. The summed E-state index contributed by atoms with van der Waals surface area (Å²) in [6, 6.07) is 15.0. The van der Waals surface area contributed by atoms with Gasteiger partial charge in [-0.3, -0.25) is 4.57 Å². The summed E-state index contributed by atoms with van der Waals surface area (Å²) in [7, 11) is 0. The molecule has 0 atom stereocenters. The summed E-state index contributed by atoms with van der Waals surface area (Å²) in [4.78, 5) is 0. The first kappa shape index (κ1) is 16.6. The summed E-state index contributed by atoms with van der Waals surface area (Å²) in [5, 5.41) is 8.86. The summed E-state index contributed by atoms with van der Waals surface area (Å²) in [5.74, 6) is 1.11. The number of rotatable bonds is 4. The van der Waals surface area contributed by atoms with Crippen LogP contribution in [-0.4, -0.2) is 14.8 Å². The normalized spacial score (nSPS) is 11.7. The number of para-hydroxylation sites is 1. The van der Waals surface area contributed by atoms with E-state index in [9.17, 15) is 13.2 Å². The summed E-state index contributed by atoms with van der Waals surface area (Å²) in [6.45, 7) is 1.84. The van der Waals surface area contributed by atoms with Gasteiger partial charge in [0.05, 0.1) is 5.56 Å². The van der Waals surface area contributed by atoms with Crippen LogP contribution in [0.15, 0.2) is 59.8 Å². The van der Waals surface area contributed by atoms with Crippen molar-refractivity contribution in [2.24, 2.45) is 0 Å². The van der Waals surface area contributed by atoms with E-state index in [1.807, 2.05) is 41.8 Å². The lowest BCUT2D eigenvalue weighted by Gasteiger charge is -2.10. The van der Waals surface area contributed by atoms with Crippen LogP contribution < -0.4 is 0 Å². The molecule has 24 heavy (non-hydrogen) atoms. The molecule has 2 aromatic carbocycles. The van der Waals surface area contributed by atoms with E-state index in [0.29, 0.717) is 16.5 Å². The largest absolute Gasteiger partial charge is 0.416 e. The molecule has 0 N–H and O–H groups in total. The van der Waals surface area contributed by atoms with E-state index in [0.717, 1.165) is 17.6 Å². The lowest BCUT2D eigenvalue weighted by Crippen LogP contribution is -2.05. The Morgan fingerprint density at radius 1 is 1.00 bits per heavy atom. The van der Waals surface area contributed by atoms with Gasteiger partial charge in [0.15, 0.2) is 5.16 Å². The SMILES string of the molecule is Cc1nnc(SCc2cccc(C(F)(F)F)c2)n1-c1ccccc1. The summed E-state index contributed by atoms with van der Waals surface area (Å²) in [5.41, 5.74) is 0.878. The molecular formula is C17H14F3N3S. The first-order valence-electron chi connectivity index (χ1n) is 7.21. The minimum Gasteiger partial charge on any atom is -0.274 e. The molecule has 0 saturated heterocycles. The molecule has 0 fully saturated rings. The van der Waals surface area contributed by atoms with Crippen molar-refractivity contribution in [1.29, 1.82) is 0 Å². The fraction of sp³-hybridized carbons (Fsp3) is 0.176. The number of benzene rings is 2. The smallest absolute Gasteiger partial charge is 0.274 e. The molecule has 0 aliphatic carbocycles. The molecule has 0 spiro atoms. The Labute approximate surface area is 141 Å². The third-order valence-electron chi connectivity index (χ3n) is 3.43. The first-order chi connectivity index (χ1) is 11.4. The topological polar surface area (TPSA) is 30.7 Å². The zero-order valence-electron chi connectivity index (χ0n) is 12.8. The van der Waals surface area contributed by atoms with Crippen LogP contribution in [0.2, 0.25) is 0 Å². The fourth-order valence-corrected chi connectivity index (χ4v) is 3.24. The van der Waals surface area contributed by atoms with E-state index >= 15 is 0 Å². The van der Waals surface area contributed by atoms with E-state index < -0.39 is 11.7 Å². The molecule has 0 aliphatic heterocycles. The van der Waals surface area contributed by atoms with Crippen LogP contribution in [0.25, 0.3) is 5.69 Å². The van der Waals surface area contributed by atoms with E-state index in [1.165, 1.54) is 23.9 Å². The number of hydrogen-bond acceptors (Lipinski definition) is 3. The van der Waals surface area contributed by atoms with Crippen molar-refractivity contribution in [2.45, 2.75) is 24.0 Å². The first-order valence-corrected chi connectivity index (χ1v) is 8.20. The van der Waals surface area contributed by atoms with Gasteiger partial charge in [-0.1, -0.05) is 48.2 Å². The van der Waals surface area contributed by atoms with E-state index in [2.05, 4.69) is 10.2 Å². The van der Waals surface area contributed by atoms with Gasteiger partial charge in [-0.2, -0.15) is 13.2 Å². The van der Waals surface area contributed by atoms with Gasteiger partial charge in [0, 0.05) is 11.4 Å². The third kappa shape index (κ3) is 3.62. The molecule has 0 aliphatic rings. The van der Waals surface area contributed by atoms with Crippen LogP contribution in [-0.2, 0) is 11.9 Å². The Balaban J connectivity index is 1.82. The summed E-state index contributed by atoms with van der Waals surface area (Å²) in [6.07, 6.45) is -4.33. The lowest BCUT2D eigenvalue weighted by atomic mass is 10.1. The van der Waals surface area contributed by atoms with Crippen molar-refractivity contribution < 1.29 is 13.2 Å². The lowest BCUT2D eigenvalue weighted by molar-refractivity contribution is -0.137. The van der Waals surface area contributed by atoms with Crippen molar-refractivity contribution in [2.75, 3.05) is 0 Å². The number of alkyl halides is 3. The maximum atomic E-state index is 12.8. The average molecular weight is 349 g/mol. The van der Waals surface area contributed by atoms with Gasteiger partial charge in [-0.25, -0.2) is 0 Å². The van der Waals surface area contributed by atoms with Crippen LogP contribution in [0.3, 0.4) is 0 Å². The Morgan fingerprint density at radius 3 is 2.46 bits per heavy atom. The van der Waals surface area contributed by atoms with Gasteiger partial charge in [0.25, 0.3) is 0 Å². The van der Waals surface area contributed by atoms with Crippen LogP contribution in [0.4, 0.5) is 13.2 Å². The second-order valence-electron chi connectivity index (χ2n) is 5.19. The highest BCUT2D eigenvalue weighted by molar-refractivity contribution is 7.98. The number of thioether (sulfide) groups is 1. The Hall–Kier alpha value is -2.28. The monoisotopic (exact) mass is 349 g/mol. The number of aryl methyl sites for hydroxylation is 1. The quantitative estimate of drug-likeness (QED) is 0.629. The fourth-order valence-electron chi connectivity index (χ4n) is 2.30. The zero-order valence-corrected chi connectivity index (χ0v) is 13.6. The standard InChI is InChI=1S/C17H14F3N3S/c1-12-21-22-16(23(12)15-8-3-2-4-9-15)24-11-13-6-5-7-14(10-13)17(18,19)20/h2-10H,11H2,1H3. The molecule has 3 aromatic rings. The molecule has 0 bridgehead atoms. The number of hydrogen-bond donors (Lipinski definition) is 0. The zero-order chi connectivity index (χ0) is 17.2. The summed E-state index contributed by atoms with van der Waals surface area (Å²) < 4.78 is 40.2. The Bertz CT molecular complexity index is 829. The predicted molar refractivity (Wildman–Crippen MR) is 87.1 cm³/mol. The van der Waals surface area contributed by atoms with Gasteiger partial charge >= 0.3 is 6.18 Å². The van der Waals surface area contributed by atoms with Crippen molar-refractivity contribution in [3.63, 3.8) is 0 Å². The number of aromatic nitrogens is 3. The molecule has 0 radical (unpaired) electrons. The van der Waals surface area contributed by atoms with E-state index in [1.54, 1.807) is 6.07 Å². The minimum absolute atomic E-state index is 0.384. The van der Waals surface area contributed by atoms with Crippen LogP contribution in [0.5, 0.6) is 0 Å². The summed E-state index contributed by atoms with van der Waals surface area (Å²) >= 11 is 1.36. The molecule has 1 heterocycles. The van der Waals surface area contributed by atoms with Crippen LogP contribution in [0, 0.1) is 6.92 Å². The van der Waals surface area contributed by atoms with Crippen molar-refractivity contribution in [3.05, 3.63) is 71.5 Å². The van der Waals surface area contributed by atoms with Crippen molar-refractivity contribution in [1.82, 2.24) is 14.8 Å². The Morgan fingerprint density at radius 2 is 1.75 bits per heavy atom.